The maximum Gasteiger partial charge on any atom is 0.0709 e. The summed E-state index contributed by atoms with van der Waals surface area (Å²) in [6.45, 7) is 0. The van der Waals surface area contributed by atoms with Gasteiger partial charge in [0.1, 0.15) is 0 Å². The summed E-state index contributed by atoms with van der Waals surface area (Å²) in [5, 5.41) is 1.18. The zero-order valence-corrected chi connectivity index (χ0v) is 10.9. The number of nitrogens with zero attached hydrogens (tertiary/aromatic N) is 1. The molecule has 1 aromatic heterocycles. The van der Waals surface area contributed by atoms with Crippen LogP contribution in [0, 0.1) is 0 Å². The fraction of sp³-hybridized carbons (Fsp3) is 0. The van der Waals surface area contributed by atoms with Crippen molar-refractivity contribution in [2.24, 2.45) is 0 Å². The average Bonchev–Trinajstić information content (AvgIpc) is 2.39. The van der Waals surface area contributed by atoms with E-state index in [0.29, 0.717) is 0 Å². The van der Waals surface area contributed by atoms with Crippen LogP contribution in [0.1, 0.15) is 0 Å². The number of rotatable bonds is 1. The first-order valence-corrected chi connectivity index (χ1v) is 5.35. The second kappa shape index (κ2) is 5.20. The second-order valence-corrected chi connectivity index (χ2v) is 3.76. The molecule has 0 saturated heterocycles. The molecule has 0 spiro atoms. The zero-order valence-electron chi connectivity index (χ0n) is 9.15. The van der Waals surface area contributed by atoms with E-state index in [1.54, 1.807) is 0 Å². The van der Waals surface area contributed by atoms with Crippen LogP contribution in [0.4, 0.5) is 0 Å². The predicted molar refractivity (Wildman–Crippen MR) is 67.2 cm³/mol. The van der Waals surface area contributed by atoms with Gasteiger partial charge in [-0.1, -0.05) is 54.6 Å². The zero-order chi connectivity index (χ0) is 10.8. The van der Waals surface area contributed by atoms with Crippen molar-refractivity contribution in [3.63, 3.8) is 0 Å². The molecule has 17 heavy (non-hydrogen) atoms. The molecule has 0 N–H and O–H groups in total. The van der Waals surface area contributed by atoms with E-state index in [1.807, 2.05) is 36.4 Å². The molecule has 84 valence electrons. The Balaban J connectivity index is 0.00000108. The molecule has 1 nitrogen and oxygen atoms in total. The number of para-hydroxylation sites is 1. The van der Waals surface area contributed by atoms with E-state index in [9.17, 15) is 0 Å². The van der Waals surface area contributed by atoms with Crippen molar-refractivity contribution in [3.8, 4) is 11.3 Å². The van der Waals surface area contributed by atoms with Gasteiger partial charge < -0.3 is 0 Å². The standard InChI is InChI=1S/C15H11N.Ru/c1-2-6-12(7-3-1)15-11-10-13-8-4-5-9-14(13)16-15;/h1-11H;. The molecule has 2 heteroatoms. The third kappa shape index (κ3) is 2.42. The predicted octanol–water partition coefficient (Wildman–Crippen LogP) is 3.90. The fourth-order valence-electron chi connectivity index (χ4n) is 1.84. The molecule has 0 aliphatic heterocycles. The minimum absolute atomic E-state index is 0. The van der Waals surface area contributed by atoms with Crippen LogP contribution in [0.25, 0.3) is 22.2 Å². The van der Waals surface area contributed by atoms with Crippen LogP contribution >= 0.6 is 0 Å². The van der Waals surface area contributed by atoms with Crippen LogP contribution in [0.2, 0.25) is 0 Å². The third-order valence-corrected chi connectivity index (χ3v) is 2.67. The topological polar surface area (TPSA) is 12.9 Å². The Morgan fingerprint density at radius 1 is 0.647 bits per heavy atom. The SMILES string of the molecule is [Ru].c1ccc(-c2ccc3ccccc3n2)cc1. The van der Waals surface area contributed by atoms with Gasteiger partial charge in [0.05, 0.1) is 11.2 Å². The van der Waals surface area contributed by atoms with Crippen LogP contribution in [-0.4, -0.2) is 4.98 Å². The average molecular weight is 306 g/mol. The van der Waals surface area contributed by atoms with Crippen LogP contribution in [0.15, 0.2) is 66.7 Å². The summed E-state index contributed by atoms with van der Waals surface area (Å²) in [7, 11) is 0. The first-order chi connectivity index (χ1) is 7.93. The Morgan fingerprint density at radius 3 is 2.18 bits per heavy atom. The van der Waals surface area contributed by atoms with E-state index in [1.165, 1.54) is 5.39 Å². The van der Waals surface area contributed by atoms with Gasteiger partial charge in [0.2, 0.25) is 0 Å². The van der Waals surface area contributed by atoms with E-state index in [0.717, 1.165) is 16.8 Å². The molecule has 0 atom stereocenters. The van der Waals surface area contributed by atoms with Gasteiger partial charge in [-0.15, -0.1) is 0 Å². The van der Waals surface area contributed by atoms with Crippen molar-refractivity contribution in [2.45, 2.75) is 0 Å². The molecule has 3 aromatic rings. The quantitative estimate of drug-likeness (QED) is 0.621. The molecule has 0 bridgehead atoms. The smallest absolute Gasteiger partial charge is 0.0709 e. The van der Waals surface area contributed by atoms with Gasteiger partial charge in [-0.25, -0.2) is 4.98 Å². The number of aromatic nitrogens is 1. The van der Waals surface area contributed by atoms with E-state index >= 15 is 0 Å². The molecule has 0 fully saturated rings. The fourth-order valence-corrected chi connectivity index (χ4v) is 1.84. The van der Waals surface area contributed by atoms with Gasteiger partial charge in [0, 0.05) is 30.4 Å². The van der Waals surface area contributed by atoms with E-state index < -0.39 is 0 Å². The number of hydrogen-bond acceptors (Lipinski definition) is 1. The molecule has 0 amide bonds. The maximum absolute atomic E-state index is 4.65. The molecule has 0 radical (unpaired) electrons. The summed E-state index contributed by atoms with van der Waals surface area (Å²) in [5.41, 5.74) is 3.23. The Morgan fingerprint density at radius 2 is 1.35 bits per heavy atom. The Bertz CT molecular complexity index is 620. The van der Waals surface area contributed by atoms with Crippen molar-refractivity contribution in [1.29, 1.82) is 0 Å². The van der Waals surface area contributed by atoms with Crippen molar-refractivity contribution in [2.75, 3.05) is 0 Å². The maximum atomic E-state index is 4.65. The summed E-state index contributed by atoms with van der Waals surface area (Å²) < 4.78 is 0. The largest absolute Gasteiger partial charge is 0.248 e. The normalized spacial score (nSPS) is 9.88. The number of fused-ring (bicyclic) bond motifs is 1. The van der Waals surface area contributed by atoms with Crippen molar-refractivity contribution >= 4 is 10.9 Å². The Hall–Kier alpha value is -1.53. The van der Waals surface area contributed by atoms with Gasteiger partial charge in [-0.3, -0.25) is 0 Å². The first kappa shape index (κ1) is 11.9. The Kier molecular flexibility index (Phi) is 3.66. The van der Waals surface area contributed by atoms with Crippen LogP contribution in [0.3, 0.4) is 0 Å². The molecular weight excluding hydrogens is 295 g/mol. The molecule has 0 unspecified atom stereocenters. The molecular formula is C15H11NRu. The minimum atomic E-state index is 0. The molecule has 2 aromatic carbocycles. The van der Waals surface area contributed by atoms with Crippen LogP contribution in [-0.2, 0) is 19.5 Å². The van der Waals surface area contributed by atoms with Gasteiger partial charge in [-0.05, 0) is 12.1 Å². The summed E-state index contributed by atoms with van der Waals surface area (Å²) in [6.07, 6.45) is 0. The molecule has 0 aliphatic carbocycles. The minimum Gasteiger partial charge on any atom is -0.248 e. The number of benzene rings is 2. The summed E-state index contributed by atoms with van der Waals surface area (Å²) >= 11 is 0. The van der Waals surface area contributed by atoms with Gasteiger partial charge in [0.25, 0.3) is 0 Å². The Labute approximate surface area is 113 Å². The third-order valence-electron chi connectivity index (χ3n) is 2.67. The van der Waals surface area contributed by atoms with E-state index in [2.05, 4.69) is 35.3 Å². The van der Waals surface area contributed by atoms with Gasteiger partial charge in [-0.2, -0.15) is 0 Å². The van der Waals surface area contributed by atoms with E-state index in [-0.39, 0.29) is 19.5 Å². The summed E-state index contributed by atoms with van der Waals surface area (Å²) in [4.78, 5) is 4.65. The molecule has 1 heterocycles. The van der Waals surface area contributed by atoms with Crippen LogP contribution < -0.4 is 0 Å². The second-order valence-electron chi connectivity index (χ2n) is 3.76. The summed E-state index contributed by atoms with van der Waals surface area (Å²) in [5.74, 6) is 0. The number of pyridine rings is 1. The van der Waals surface area contributed by atoms with E-state index in [4.69, 9.17) is 0 Å². The number of hydrogen-bond donors (Lipinski definition) is 0. The first-order valence-electron chi connectivity index (χ1n) is 5.35. The van der Waals surface area contributed by atoms with Crippen LogP contribution in [0.5, 0.6) is 0 Å². The summed E-state index contributed by atoms with van der Waals surface area (Å²) in [6, 6.07) is 22.6. The van der Waals surface area contributed by atoms with Crippen molar-refractivity contribution in [1.82, 2.24) is 4.98 Å². The van der Waals surface area contributed by atoms with Crippen molar-refractivity contribution < 1.29 is 19.5 Å². The van der Waals surface area contributed by atoms with Gasteiger partial charge in [0.15, 0.2) is 0 Å². The molecule has 0 aliphatic rings. The molecule has 3 rings (SSSR count). The molecule has 0 saturated carbocycles. The van der Waals surface area contributed by atoms with Gasteiger partial charge >= 0.3 is 0 Å². The van der Waals surface area contributed by atoms with Crippen molar-refractivity contribution in [3.05, 3.63) is 66.7 Å². The monoisotopic (exact) mass is 307 g/mol.